The highest BCUT2D eigenvalue weighted by atomic mass is 33.1. The standard InChI is InChI=1S/C13H22N4O8S2/c14-6(12(22)23)4-26-27-5-8(11(21)16-3-10(19)20)17-7(13(24)25)1-2-9(15)18/h6-8,17H,1-5,14H2,(H2,15,18)(H,16,21)(H,19,20)(H,22,23)(H,24,25)/t6-,7-,8-/m0/s1. The minimum Gasteiger partial charge on any atom is -0.480 e. The summed E-state index contributed by atoms with van der Waals surface area (Å²) in [5.41, 5.74) is 10.3. The average molecular weight is 426 g/mol. The van der Waals surface area contributed by atoms with Crippen LogP contribution in [0.5, 0.6) is 0 Å². The van der Waals surface area contributed by atoms with Gasteiger partial charge < -0.3 is 32.1 Å². The van der Waals surface area contributed by atoms with Gasteiger partial charge in [-0.2, -0.15) is 0 Å². The average Bonchev–Trinajstić information content (AvgIpc) is 2.57. The maximum absolute atomic E-state index is 12.1. The number of hydrogen-bond acceptors (Lipinski definition) is 9. The molecule has 12 nitrogen and oxygen atoms in total. The fraction of sp³-hybridized carbons (Fsp3) is 0.615. The zero-order chi connectivity index (χ0) is 21.0. The Hall–Kier alpha value is -2.03. The predicted octanol–water partition coefficient (Wildman–Crippen LogP) is -2.34. The molecule has 0 radical (unpaired) electrons. The second kappa shape index (κ2) is 13.2. The van der Waals surface area contributed by atoms with Crippen LogP contribution in [0.3, 0.4) is 0 Å². The summed E-state index contributed by atoms with van der Waals surface area (Å²) in [7, 11) is 2.13. The molecule has 0 heterocycles. The summed E-state index contributed by atoms with van der Waals surface area (Å²) in [4.78, 5) is 55.5. The Balaban J connectivity index is 4.85. The molecule has 0 rings (SSSR count). The Morgan fingerprint density at radius 1 is 0.926 bits per heavy atom. The molecule has 154 valence electrons. The minimum absolute atomic E-state index is 0.00279. The number of nitrogens with two attached hydrogens (primary N) is 2. The third kappa shape index (κ3) is 12.1. The zero-order valence-electron chi connectivity index (χ0n) is 14.1. The summed E-state index contributed by atoms with van der Waals surface area (Å²) in [6.07, 6.45) is -0.377. The first-order chi connectivity index (χ1) is 12.5. The molecule has 3 atom stereocenters. The largest absolute Gasteiger partial charge is 0.480 e. The number of carbonyl (C=O) groups excluding carboxylic acids is 2. The van der Waals surface area contributed by atoms with Crippen LogP contribution in [-0.4, -0.2) is 81.2 Å². The van der Waals surface area contributed by atoms with Gasteiger partial charge in [-0.15, -0.1) is 0 Å². The van der Waals surface area contributed by atoms with Crippen molar-refractivity contribution in [2.24, 2.45) is 11.5 Å². The fourth-order valence-corrected chi connectivity index (χ4v) is 3.89. The van der Waals surface area contributed by atoms with E-state index in [-0.39, 0.29) is 24.3 Å². The van der Waals surface area contributed by atoms with Crippen LogP contribution in [-0.2, 0) is 24.0 Å². The van der Waals surface area contributed by atoms with Gasteiger partial charge >= 0.3 is 17.9 Å². The van der Waals surface area contributed by atoms with E-state index >= 15 is 0 Å². The lowest BCUT2D eigenvalue weighted by Crippen LogP contribution is -2.53. The Morgan fingerprint density at radius 3 is 2.00 bits per heavy atom. The maximum atomic E-state index is 12.1. The van der Waals surface area contributed by atoms with Crippen molar-refractivity contribution >= 4 is 51.3 Å². The number of hydrogen-bond donors (Lipinski definition) is 7. The Bertz CT molecular complexity index is 562. The van der Waals surface area contributed by atoms with E-state index in [0.717, 1.165) is 21.6 Å². The van der Waals surface area contributed by atoms with Crippen molar-refractivity contribution in [1.82, 2.24) is 10.6 Å². The van der Waals surface area contributed by atoms with Gasteiger partial charge in [-0.1, -0.05) is 21.6 Å². The number of primary amides is 1. The van der Waals surface area contributed by atoms with Crippen LogP contribution in [0.2, 0.25) is 0 Å². The number of nitrogens with one attached hydrogen (secondary N) is 2. The zero-order valence-corrected chi connectivity index (χ0v) is 15.8. The molecular formula is C13H22N4O8S2. The molecule has 0 fully saturated rings. The molecule has 0 aromatic rings. The summed E-state index contributed by atoms with van der Waals surface area (Å²) in [6.45, 7) is -0.655. The van der Waals surface area contributed by atoms with Crippen LogP contribution in [0.25, 0.3) is 0 Å². The Kier molecular flexibility index (Phi) is 12.2. The van der Waals surface area contributed by atoms with Crippen molar-refractivity contribution in [2.75, 3.05) is 18.1 Å². The lowest BCUT2D eigenvalue weighted by atomic mass is 10.1. The first kappa shape index (κ1) is 25.0. The van der Waals surface area contributed by atoms with Crippen molar-refractivity contribution in [1.29, 1.82) is 0 Å². The van der Waals surface area contributed by atoms with Gasteiger partial charge in [-0.25, -0.2) is 0 Å². The number of carbonyl (C=O) groups is 5. The first-order valence-corrected chi connectivity index (χ1v) is 10.0. The van der Waals surface area contributed by atoms with Crippen molar-refractivity contribution in [3.63, 3.8) is 0 Å². The summed E-state index contributed by atoms with van der Waals surface area (Å²) in [5.74, 6) is -5.18. The normalized spacial score (nSPS) is 14.0. The van der Waals surface area contributed by atoms with Gasteiger partial charge in [-0.05, 0) is 6.42 Å². The molecule has 0 aromatic carbocycles. The molecule has 0 aliphatic carbocycles. The molecule has 27 heavy (non-hydrogen) atoms. The van der Waals surface area contributed by atoms with Crippen molar-refractivity contribution in [3.8, 4) is 0 Å². The fourth-order valence-electron chi connectivity index (χ4n) is 1.60. The molecule has 14 heteroatoms. The van der Waals surface area contributed by atoms with Gasteiger partial charge in [0, 0.05) is 17.9 Å². The quantitative estimate of drug-likeness (QED) is 0.108. The summed E-state index contributed by atoms with van der Waals surface area (Å²) in [5, 5.41) is 31.2. The number of rotatable bonds is 15. The molecular weight excluding hydrogens is 404 g/mol. The van der Waals surface area contributed by atoms with Crippen LogP contribution in [0.1, 0.15) is 12.8 Å². The number of aliphatic carboxylic acids is 3. The number of amides is 2. The third-order valence-electron chi connectivity index (χ3n) is 2.99. The van der Waals surface area contributed by atoms with Crippen LogP contribution < -0.4 is 22.1 Å². The van der Waals surface area contributed by atoms with E-state index < -0.39 is 54.4 Å². The van der Waals surface area contributed by atoms with Crippen molar-refractivity contribution in [2.45, 2.75) is 31.0 Å². The Morgan fingerprint density at radius 2 is 1.52 bits per heavy atom. The van der Waals surface area contributed by atoms with E-state index in [1.165, 1.54) is 0 Å². The first-order valence-electron chi connectivity index (χ1n) is 7.54. The highest BCUT2D eigenvalue weighted by Gasteiger charge is 2.27. The molecule has 0 aliphatic heterocycles. The van der Waals surface area contributed by atoms with Crippen LogP contribution in [0, 0.1) is 0 Å². The van der Waals surface area contributed by atoms with E-state index in [9.17, 15) is 29.1 Å². The smallest absolute Gasteiger partial charge is 0.322 e. The number of carboxylic acid groups (broad SMARTS) is 3. The van der Waals surface area contributed by atoms with Crippen molar-refractivity contribution in [3.05, 3.63) is 0 Å². The summed E-state index contributed by atoms with van der Waals surface area (Å²) < 4.78 is 0. The molecule has 0 aromatic heterocycles. The highest BCUT2D eigenvalue weighted by molar-refractivity contribution is 8.76. The number of carboxylic acids is 3. The second-order valence-corrected chi connectivity index (χ2v) is 7.79. The monoisotopic (exact) mass is 426 g/mol. The molecule has 0 unspecified atom stereocenters. The molecule has 0 saturated carbocycles. The minimum atomic E-state index is -1.31. The lowest BCUT2D eigenvalue weighted by Gasteiger charge is -2.22. The van der Waals surface area contributed by atoms with E-state index in [1.807, 2.05) is 0 Å². The van der Waals surface area contributed by atoms with E-state index in [4.69, 9.17) is 21.7 Å². The molecule has 0 bridgehead atoms. The summed E-state index contributed by atoms with van der Waals surface area (Å²) in [6, 6.07) is -3.46. The van der Waals surface area contributed by atoms with E-state index in [2.05, 4.69) is 10.6 Å². The van der Waals surface area contributed by atoms with Gasteiger partial charge in [-0.3, -0.25) is 29.3 Å². The third-order valence-corrected chi connectivity index (χ3v) is 5.44. The molecule has 9 N–H and O–H groups in total. The van der Waals surface area contributed by atoms with Gasteiger partial charge in [0.05, 0.1) is 6.04 Å². The molecule has 0 aliphatic rings. The van der Waals surface area contributed by atoms with Crippen LogP contribution in [0.4, 0.5) is 0 Å². The topological polar surface area (TPSA) is 222 Å². The van der Waals surface area contributed by atoms with E-state index in [1.54, 1.807) is 0 Å². The van der Waals surface area contributed by atoms with Gasteiger partial charge in [0.15, 0.2) is 0 Å². The lowest BCUT2D eigenvalue weighted by molar-refractivity contribution is -0.141. The molecule has 2 amide bonds. The SMILES string of the molecule is NC(=O)CC[C@H](N[C@@H](CSSC[C@H](N)C(=O)O)C(=O)NCC(=O)O)C(=O)O. The van der Waals surface area contributed by atoms with Gasteiger partial charge in [0.25, 0.3) is 0 Å². The highest BCUT2D eigenvalue weighted by Crippen LogP contribution is 2.23. The predicted molar refractivity (Wildman–Crippen MR) is 97.9 cm³/mol. The molecule has 0 spiro atoms. The Labute approximate surface area is 162 Å². The van der Waals surface area contributed by atoms with Crippen LogP contribution >= 0.6 is 21.6 Å². The summed E-state index contributed by atoms with van der Waals surface area (Å²) >= 11 is 0. The second-order valence-electron chi connectivity index (χ2n) is 5.24. The maximum Gasteiger partial charge on any atom is 0.322 e. The van der Waals surface area contributed by atoms with Gasteiger partial charge in [0.1, 0.15) is 18.6 Å². The van der Waals surface area contributed by atoms with Crippen LogP contribution in [0.15, 0.2) is 0 Å². The van der Waals surface area contributed by atoms with Gasteiger partial charge in [0.2, 0.25) is 11.8 Å². The molecule has 0 saturated heterocycles. The van der Waals surface area contributed by atoms with Crippen molar-refractivity contribution < 1.29 is 39.3 Å². The van der Waals surface area contributed by atoms with E-state index in [0.29, 0.717) is 0 Å².